The summed E-state index contributed by atoms with van der Waals surface area (Å²) in [6.45, 7) is 5.15. The van der Waals surface area contributed by atoms with Crippen LogP contribution in [0.2, 0.25) is 0 Å². The van der Waals surface area contributed by atoms with Crippen LogP contribution in [-0.2, 0) is 14.8 Å². The average molecular weight is 419 g/mol. The average Bonchev–Trinajstić information content (AvgIpc) is 3.39. The normalized spacial score (nSPS) is 15.7. The van der Waals surface area contributed by atoms with Crippen molar-refractivity contribution in [3.63, 3.8) is 0 Å². The first-order valence-corrected chi connectivity index (χ1v) is 10.7. The number of morpholine rings is 1. The monoisotopic (exact) mass is 419 g/mol. The predicted molar refractivity (Wildman–Crippen MR) is 103 cm³/mol. The largest absolute Gasteiger partial charge is 0.490 e. The molecule has 0 N–H and O–H groups in total. The van der Waals surface area contributed by atoms with Crippen molar-refractivity contribution in [2.45, 2.75) is 25.0 Å². The number of aromatic nitrogens is 2. The van der Waals surface area contributed by atoms with Crippen molar-refractivity contribution < 1.29 is 26.8 Å². The molecule has 0 radical (unpaired) electrons. The van der Waals surface area contributed by atoms with E-state index in [0.717, 1.165) is 0 Å². The Bertz CT molecular complexity index is 1080. The van der Waals surface area contributed by atoms with Gasteiger partial charge in [0.25, 0.3) is 15.9 Å². The van der Waals surface area contributed by atoms with E-state index < -0.39 is 10.0 Å². The highest BCUT2D eigenvalue weighted by Gasteiger charge is 2.30. The van der Waals surface area contributed by atoms with Gasteiger partial charge in [-0.15, -0.1) is 0 Å². The number of rotatable bonds is 6. The van der Waals surface area contributed by atoms with E-state index in [-0.39, 0.29) is 35.9 Å². The van der Waals surface area contributed by atoms with Gasteiger partial charge >= 0.3 is 0 Å². The van der Waals surface area contributed by atoms with E-state index in [4.69, 9.17) is 18.4 Å². The van der Waals surface area contributed by atoms with Gasteiger partial charge in [-0.2, -0.15) is 9.29 Å². The standard InChI is InChI=1S/C19H21N3O6S/c1-13(2)26-15-6-4-3-5-14(15)18-20-19(28-21-18)16-7-8-17(27-16)29(23,24)22-9-11-25-12-10-22/h3-8,13H,9-12H2,1-2H3. The Balaban J connectivity index is 1.60. The smallest absolute Gasteiger partial charge is 0.294 e. The molecule has 0 saturated carbocycles. The van der Waals surface area contributed by atoms with Crippen LogP contribution in [0.4, 0.5) is 0 Å². The van der Waals surface area contributed by atoms with E-state index in [1.807, 2.05) is 38.1 Å². The lowest BCUT2D eigenvalue weighted by Crippen LogP contribution is -2.40. The topological polar surface area (TPSA) is 108 Å². The summed E-state index contributed by atoms with van der Waals surface area (Å²) >= 11 is 0. The molecule has 2 aromatic heterocycles. The van der Waals surface area contributed by atoms with E-state index in [1.165, 1.54) is 16.4 Å². The van der Waals surface area contributed by atoms with Gasteiger partial charge in [-0.25, -0.2) is 8.42 Å². The van der Waals surface area contributed by atoms with Gasteiger partial charge in [0.2, 0.25) is 10.9 Å². The summed E-state index contributed by atoms with van der Waals surface area (Å²) in [6, 6.07) is 10.2. The van der Waals surface area contributed by atoms with Crippen molar-refractivity contribution >= 4 is 10.0 Å². The fourth-order valence-corrected chi connectivity index (χ4v) is 4.25. The number of benzene rings is 1. The summed E-state index contributed by atoms with van der Waals surface area (Å²) in [5.41, 5.74) is 0.670. The Morgan fingerprint density at radius 1 is 1.10 bits per heavy atom. The molecular formula is C19H21N3O6S. The third-order valence-corrected chi connectivity index (χ3v) is 6.05. The van der Waals surface area contributed by atoms with Gasteiger partial charge in [-0.1, -0.05) is 17.3 Å². The van der Waals surface area contributed by atoms with Crippen LogP contribution in [-0.4, -0.2) is 55.3 Å². The van der Waals surface area contributed by atoms with Gasteiger partial charge in [-0.3, -0.25) is 0 Å². The molecule has 3 heterocycles. The molecule has 9 nitrogen and oxygen atoms in total. The lowest BCUT2D eigenvalue weighted by molar-refractivity contribution is 0.0724. The zero-order valence-electron chi connectivity index (χ0n) is 16.1. The van der Waals surface area contributed by atoms with Crippen molar-refractivity contribution in [1.29, 1.82) is 0 Å². The van der Waals surface area contributed by atoms with E-state index >= 15 is 0 Å². The fraction of sp³-hybridized carbons (Fsp3) is 0.368. The van der Waals surface area contributed by atoms with Crippen LogP contribution < -0.4 is 4.74 Å². The molecule has 10 heteroatoms. The van der Waals surface area contributed by atoms with E-state index in [2.05, 4.69) is 10.1 Å². The lowest BCUT2D eigenvalue weighted by atomic mass is 10.2. The zero-order chi connectivity index (χ0) is 20.4. The van der Waals surface area contributed by atoms with E-state index in [9.17, 15) is 8.42 Å². The first-order valence-electron chi connectivity index (χ1n) is 9.23. The number of para-hydroxylation sites is 1. The van der Waals surface area contributed by atoms with Crippen LogP contribution in [0.15, 0.2) is 50.4 Å². The molecule has 29 heavy (non-hydrogen) atoms. The third kappa shape index (κ3) is 4.04. The molecule has 0 amide bonds. The fourth-order valence-electron chi connectivity index (χ4n) is 2.93. The Kier molecular flexibility index (Phi) is 5.39. The third-order valence-electron chi connectivity index (χ3n) is 4.27. The van der Waals surface area contributed by atoms with Crippen LogP contribution >= 0.6 is 0 Å². The second-order valence-electron chi connectivity index (χ2n) is 6.72. The van der Waals surface area contributed by atoms with Crippen molar-refractivity contribution in [3.8, 4) is 28.8 Å². The molecule has 0 aliphatic carbocycles. The molecule has 0 bridgehead atoms. The van der Waals surface area contributed by atoms with Gasteiger partial charge in [0.1, 0.15) is 5.75 Å². The number of hydrogen-bond acceptors (Lipinski definition) is 8. The molecule has 0 atom stereocenters. The minimum Gasteiger partial charge on any atom is -0.490 e. The van der Waals surface area contributed by atoms with Gasteiger partial charge in [0.05, 0.1) is 24.9 Å². The molecule has 4 rings (SSSR count). The second-order valence-corrected chi connectivity index (χ2v) is 8.59. The van der Waals surface area contributed by atoms with Crippen molar-refractivity contribution in [1.82, 2.24) is 14.4 Å². The maximum Gasteiger partial charge on any atom is 0.294 e. The number of hydrogen-bond donors (Lipinski definition) is 0. The maximum atomic E-state index is 12.7. The Morgan fingerprint density at radius 3 is 2.62 bits per heavy atom. The summed E-state index contributed by atoms with van der Waals surface area (Å²) in [6.07, 6.45) is -0.0134. The Morgan fingerprint density at radius 2 is 1.86 bits per heavy atom. The first kappa shape index (κ1) is 19.6. The van der Waals surface area contributed by atoms with Gasteiger partial charge in [0, 0.05) is 13.1 Å². The molecule has 0 unspecified atom stereocenters. The van der Waals surface area contributed by atoms with Crippen LogP contribution in [0.25, 0.3) is 23.0 Å². The summed E-state index contributed by atoms with van der Waals surface area (Å²) < 4.78 is 48.6. The van der Waals surface area contributed by atoms with Crippen molar-refractivity contribution in [2.75, 3.05) is 26.3 Å². The minimum atomic E-state index is -3.74. The summed E-state index contributed by atoms with van der Waals surface area (Å²) in [5, 5.41) is 3.82. The van der Waals surface area contributed by atoms with Gasteiger partial charge in [-0.05, 0) is 38.1 Å². The summed E-state index contributed by atoms with van der Waals surface area (Å²) in [7, 11) is -3.74. The van der Waals surface area contributed by atoms with Gasteiger partial charge < -0.3 is 18.4 Å². The minimum absolute atomic E-state index is 0.0134. The summed E-state index contributed by atoms with van der Waals surface area (Å²) in [4.78, 5) is 4.35. The highest BCUT2D eigenvalue weighted by Crippen LogP contribution is 2.31. The SMILES string of the molecule is CC(C)Oc1ccccc1-c1noc(-c2ccc(S(=O)(=O)N3CCOCC3)o2)n1. The van der Waals surface area contributed by atoms with E-state index in [1.54, 1.807) is 0 Å². The van der Waals surface area contributed by atoms with Crippen molar-refractivity contribution in [2.24, 2.45) is 0 Å². The van der Waals surface area contributed by atoms with Gasteiger partial charge in [0.15, 0.2) is 5.76 Å². The molecular weight excluding hydrogens is 398 g/mol. The predicted octanol–water partition coefficient (Wildman–Crippen LogP) is 2.80. The second kappa shape index (κ2) is 7.97. The number of sulfonamides is 1. The number of ether oxygens (including phenoxy) is 2. The molecule has 1 aliphatic heterocycles. The lowest BCUT2D eigenvalue weighted by Gasteiger charge is -2.24. The van der Waals surface area contributed by atoms with Crippen LogP contribution in [0.1, 0.15) is 13.8 Å². The Hall–Kier alpha value is -2.69. The highest BCUT2D eigenvalue weighted by atomic mass is 32.2. The van der Waals surface area contributed by atoms with E-state index in [0.29, 0.717) is 30.4 Å². The molecule has 1 aromatic carbocycles. The first-order chi connectivity index (χ1) is 13.9. The van der Waals surface area contributed by atoms with Crippen molar-refractivity contribution in [3.05, 3.63) is 36.4 Å². The Labute approximate surface area is 168 Å². The molecule has 3 aromatic rings. The molecule has 154 valence electrons. The number of nitrogens with zero attached hydrogens (tertiary/aromatic N) is 3. The molecule has 1 aliphatic rings. The maximum absolute atomic E-state index is 12.7. The zero-order valence-corrected chi connectivity index (χ0v) is 16.9. The molecule has 1 fully saturated rings. The number of furan rings is 1. The van der Waals surface area contributed by atoms with Crippen LogP contribution in [0.5, 0.6) is 5.75 Å². The highest BCUT2D eigenvalue weighted by molar-refractivity contribution is 7.89. The van der Waals surface area contributed by atoms with Crippen LogP contribution in [0, 0.1) is 0 Å². The molecule has 1 saturated heterocycles. The molecule has 0 spiro atoms. The van der Waals surface area contributed by atoms with Crippen LogP contribution in [0.3, 0.4) is 0 Å². The summed E-state index contributed by atoms with van der Waals surface area (Å²) in [5.74, 6) is 1.22. The quantitative estimate of drug-likeness (QED) is 0.600.